The molecule has 0 rings (SSSR count). The molecule has 25 heavy (non-hydrogen) atoms. The van der Waals surface area contributed by atoms with Crippen LogP contribution in [-0.2, 0) is 36.8 Å². The molecule has 0 heterocycles. The summed E-state index contributed by atoms with van der Waals surface area (Å²) in [7, 11) is -21.1. The second-order valence-corrected chi connectivity index (χ2v) is 16.9. The molecular weight excluding hydrogens is 652 g/mol. The fraction of sp³-hybridized carbons (Fsp3) is 1.00. The minimum atomic E-state index is -7.33. The second-order valence-electron chi connectivity index (χ2n) is 3.28. The molecule has 0 aliphatic rings. The van der Waals surface area contributed by atoms with E-state index >= 15 is 0 Å². The average molecular weight is 652 g/mol. The van der Waals surface area contributed by atoms with E-state index in [1.165, 1.54) is 0 Å². The Bertz CT molecular complexity index is 677. The van der Waals surface area contributed by atoms with Gasteiger partial charge >= 0.3 is 142 Å². The van der Waals surface area contributed by atoms with E-state index in [4.69, 9.17) is 0 Å². The summed E-state index contributed by atoms with van der Waals surface area (Å²) in [6.07, 6.45) is 0. The number of halogens is 9. The third-order valence-corrected chi connectivity index (χ3v) is 18.8. The summed E-state index contributed by atoms with van der Waals surface area (Å²) in [5.41, 5.74) is -19.4. The fourth-order valence-electron chi connectivity index (χ4n) is 0.522. The van der Waals surface area contributed by atoms with E-state index in [2.05, 4.69) is 6.40 Å². The Morgan fingerprint density at radius 2 is 0.640 bits per heavy atom. The monoisotopic (exact) mass is 652 g/mol. The Hall–Kier alpha value is 0.0221. The molecule has 0 radical (unpaired) electrons. The van der Waals surface area contributed by atoms with Crippen LogP contribution in [0.1, 0.15) is 0 Å². The van der Waals surface area contributed by atoms with Crippen LogP contribution in [0.4, 0.5) is 39.5 Å². The first-order valence-corrected chi connectivity index (χ1v) is 14.2. The van der Waals surface area contributed by atoms with Crippen LogP contribution < -0.4 is 0 Å². The van der Waals surface area contributed by atoms with Gasteiger partial charge in [0.25, 0.3) is 0 Å². The quantitative estimate of drug-likeness (QED) is 0.230. The summed E-state index contributed by atoms with van der Waals surface area (Å²) >= 11 is -7.33. The van der Waals surface area contributed by atoms with Crippen molar-refractivity contribution in [3.05, 3.63) is 0 Å². The summed E-state index contributed by atoms with van der Waals surface area (Å²) in [6.45, 7) is 0. The van der Waals surface area contributed by atoms with Crippen molar-refractivity contribution in [1.82, 2.24) is 0 Å². The van der Waals surface area contributed by atoms with Gasteiger partial charge in [-0.2, -0.15) is 0 Å². The summed E-state index contributed by atoms with van der Waals surface area (Å²) in [6, 6.07) is 0. The Labute approximate surface area is 142 Å². The van der Waals surface area contributed by atoms with Crippen molar-refractivity contribution in [3.8, 4) is 0 Å². The van der Waals surface area contributed by atoms with Gasteiger partial charge in [-0.25, -0.2) is 0 Å². The summed E-state index contributed by atoms with van der Waals surface area (Å²) in [5, 5.41) is 0. The van der Waals surface area contributed by atoms with Gasteiger partial charge in [-0.05, 0) is 0 Å². The van der Waals surface area contributed by atoms with Crippen molar-refractivity contribution in [2.45, 2.75) is 16.5 Å². The molecule has 0 bridgehead atoms. The molecule has 0 aliphatic carbocycles. The fourth-order valence-corrected chi connectivity index (χ4v) is 16.3. The van der Waals surface area contributed by atoms with Crippen LogP contribution >= 0.6 is 0 Å². The van der Waals surface area contributed by atoms with Gasteiger partial charge in [0.05, 0.1) is 0 Å². The standard InChI is InChI=1S/3CHF3O3S.Tl/c3*2-1(3,4)8(5,6)7;/h3*(H,5,6,7);/q;;;+3/p-3. The van der Waals surface area contributed by atoms with E-state index in [-0.39, 0.29) is 0 Å². The van der Waals surface area contributed by atoms with E-state index in [0.717, 1.165) is 0 Å². The van der Waals surface area contributed by atoms with Gasteiger partial charge in [-0.15, -0.1) is 0 Å². The van der Waals surface area contributed by atoms with E-state index in [9.17, 15) is 64.8 Å². The first kappa shape index (κ1) is 25.0. The number of rotatable bonds is 6. The Morgan fingerprint density at radius 3 is 0.760 bits per heavy atom. The molecule has 0 spiro atoms. The zero-order chi connectivity index (χ0) is 20.7. The predicted molar refractivity (Wildman–Crippen MR) is 53.9 cm³/mol. The van der Waals surface area contributed by atoms with Crippen LogP contribution in [-0.4, -0.2) is 65.8 Å². The number of hydrogen-bond acceptors (Lipinski definition) is 9. The van der Waals surface area contributed by atoms with Gasteiger partial charge in [0.15, 0.2) is 0 Å². The van der Waals surface area contributed by atoms with Crippen molar-refractivity contribution < 1.29 is 71.2 Å². The van der Waals surface area contributed by atoms with Gasteiger partial charge in [-0.3, -0.25) is 0 Å². The van der Waals surface area contributed by atoms with Gasteiger partial charge in [0, 0.05) is 0 Å². The molecule has 0 aliphatic heterocycles. The molecule has 0 amide bonds. The van der Waals surface area contributed by atoms with Gasteiger partial charge < -0.3 is 0 Å². The maximum absolute atomic E-state index is 12.0. The molecule has 0 aromatic rings. The van der Waals surface area contributed by atoms with Gasteiger partial charge in [-0.1, -0.05) is 0 Å². The molecule has 0 atom stereocenters. The molecule has 0 saturated heterocycles. The minimum absolute atomic E-state index is 2.73. The third-order valence-electron chi connectivity index (χ3n) is 1.47. The maximum atomic E-state index is 12.0. The van der Waals surface area contributed by atoms with Crippen molar-refractivity contribution >= 4 is 54.4 Å². The summed E-state index contributed by atoms with van der Waals surface area (Å²) in [4.78, 5) is 0. The molecule has 150 valence electrons. The normalized spacial score (nSPS) is 15.2. The van der Waals surface area contributed by atoms with Crippen molar-refractivity contribution in [2.75, 3.05) is 0 Å². The van der Waals surface area contributed by atoms with Crippen LogP contribution in [0.5, 0.6) is 0 Å². The van der Waals surface area contributed by atoms with Crippen molar-refractivity contribution in [3.63, 3.8) is 0 Å². The van der Waals surface area contributed by atoms with E-state index < -0.39 is 70.9 Å². The second kappa shape index (κ2) is 7.21. The zero-order valence-electron chi connectivity index (χ0n) is 10.4. The van der Waals surface area contributed by atoms with E-state index in [1.54, 1.807) is 0 Å². The zero-order valence-corrected chi connectivity index (χ0v) is 17.3. The third kappa shape index (κ3) is 6.60. The molecule has 22 heteroatoms. The molecular formula is C3F9O9S3Tl. The van der Waals surface area contributed by atoms with Crippen LogP contribution in [0.25, 0.3) is 0 Å². The van der Waals surface area contributed by atoms with Crippen molar-refractivity contribution in [2.24, 2.45) is 0 Å². The number of hydrogen-bond donors (Lipinski definition) is 0. The van der Waals surface area contributed by atoms with Crippen LogP contribution in [0.3, 0.4) is 0 Å². The summed E-state index contributed by atoms with van der Waals surface area (Å²) in [5.74, 6) is 0. The Kier molecular flexibility index (Phi) is 7.22. The Balaban J connectivity index is 5.96. The van der Waals surface area contributed by atoms with Crippen molar-refractivity contribution in [1.29, 1.82) is 0 Å². The molecule has 0 aromatic heterocycles. The summed E-state index contributed by atoms with van der Waals surface area (Å²) < 4.78 is 179. The topological polar surface area (TPSA) is 130 Å². The van der Waals surface area contributed by atoms with Gasteiger partial charge in [0.2, 0.25) is 0 Å². The molecule has 0 saturated carbocycles. The van der Waals surface area contributed by atoms with Crippen LogP contribution in [0, 0.1) is 0 Å². The SMILES string of the molecule is O=S(=O)([O][Tl]([O]S(=O)(=O)C(F)(F)F)[O]S(=O)(=O)C(F)(F)F)C(F)(F)F. The van der Waals surface area contributed by atoms with Gasteiger partial charge in [0.1, 0.15) is 0 Å². The first-order chi connectivity index (χ1) is 10.5. The van der Waals surface area contributed by atoms with Crippen LogP contribution in [0.15, 0.2) is 0 Å². The molecule has 0 aromatic carbocycles. The molecule has 0 unspecified atom stereocenters. The first-order valence-electron chi connectivity index (χ1n) is 4.52. The van der Waals surface area contributed by atoms with E-state index in [1.807, 2.05) is 0 Å². The Morgan fingerprint density at radius 1 is 0.480 bits per heavy atom. The molecule has 0 N–H and O–H groups in total. The molecule has 0 fully saturated rings. The van der Waals surface area contributed by atoms with Crippen LogP contribution in [0.2, 0.25) is 0 Å². The molecule has 9 nitrogen and oxygen atoms in total. The predicted octanol–water partition coefficient (Wildman–Crippen LogP) is 0.570. The average Bonchev–Trinajstić information content (AvgIpc) is 2.21. The number of alkyl halides is 9. The van der Waals surface area contributed by atoms with E-state index in [0.29, 0.717) is 0 Å².